The second-order valence-electron chi connectivity index (χ2n) is 2.30. The highest BCUT2D eigenvalue weighted by Gasteiger charge is 1.95. The SMILES string of the molecule is CCNCCOCC(=O)CC. The zero-order valence-electron chi connectivity index (χ0n) is 7.35. The van der Waals surface area contributed by atoms with Crippen LogP contribution >= 0.6 is 0 Å². The van der Waals surface area contributed by atoms with E-state index in [1.807, 2.05) is 13.8 Å². The summed E-state index contributed by atoms with van der Waals surface area (Å²) in [7, 11) is 0. The van der Waals surface area contributed by atoms with Gasteiger partial charge in [0.05, 0.1) is 6.61 Å². The fourth-order valence-corrected chi connectivity index (χ4v) is 0.609. The van der Waals surface area contributed by atoms with Gasteiger partial charge < -0.3 is 10.1 Å². The minimum absolute atomic E-state index is 0.168. The molecule has 0 aliphatic heterocycles. The summed E-state index contributed by atoms with van der Waals surface area (Å²) in [4.78, 5) is 10.7. The number of rotatable bonds is 7. The summed E-state index contributed by atoms with van der Waals surface area (Å²) in [5.41, 5.74) is 0. The maximum absolute atomic E-state index is 10.7. The zero-order valence-corrected chi connectivity index (χ0v) is 7.35. The molecule has 66 valence electrons. The van der Waals surface area contributed by atoms with Crippen LogP contribution in [0.3, 0.4) is 0 Å². The van der Waals surface area contributed by atoms with E-state index in [1.54, 1.807) is 0 Å². The first-order valence-electron chi connectivity index (χ1n) is 4.11. The van der Waals surface area contributed by atoms with E-state index in [-0.39, 0.29) is 12.4 Å². The molecule has 0 spiro atoms. The van der Waals surface area contributed by atoms with Gasteiger partial charge in [-0.05, 0) is 6.54 Å². The Bertz CT molecular complexity index is 104. The molecule has 0 aliphatic carbocycles. The van der Waals surface area contributed by atoms with Crippen molar-refractivity contribution in [1.82, 2.24) is 5.32 Å². The Hall–Kier alpha value is -0.410. The van der Waals surface area contributed by atoms with Gasteiger partial charge >= 0.3 is 0 Å². The number of nitrogens with one attached hydrogen (secondary N) is 1. The average molecular weight is 159 g/mol. The van der Waals surface area contributed by atoms with Crippen LogP contribution in [0.4, 0.5) is 0 Å². The molecule has 0 unspecified atom stereocenters. The highest BCUT2D eigenvalue weighted by molar-refractivity contribution is 5.79. The number of carbonyl (C=O) groups is 1. The van der Waals surface area contributed by atoms with Crippen molar-refractivity contribution in [3.63, 3.8) is 0 Å². The molecule has 0 aromatic carbocycles. The summed E-state index contributed by atoms with van der Waals surface area (Å²) in [6, 6.07) is 0. The molecule has 0 radical (unpaired) electrons. The molecule has 0 fully saturated rings. The molecule has 0 bridgehead atoms. The molecule has 1 N–H and O–H groups in total. The summed E-state index contributed by atoms with van der Waals surface area (Å²) >= 11 is 0. The molecule has 0 aromatic rings. The number of carbonyl (C=O) groups excluding carboxylic acids is 1. The van der Waals surface area contributed by atoms with Crippen LogP contribution in [0.5, 0.6) is 0 Å². The second kappa shape index (κ2) is 7.69. The Morgan fingerprint density at radius 1 is 1.45 bits per heavy atom. The lowest BCUT2D eigenvalue weighted by Crippen LogP contribution is -2.20. The summed E-state index contributed by atoms with van der Waals surface area (Å²) in [6.45, 7) is 6.55. The van der Waals surface area contributed by atoms with Crippen LogP contribution in [0, 0.1) is 0 Å². The fourth-order valence-electron chi connectivity index (χ4n) is 0.609. The maximum atomic E-state index is 10.7. The molecular weight excluding hydrogens is 142 g/mol. The van der Waals surface area contributed by atoms with Gasteiger partial charge in [0.2, 0.25) is 0 Å². The quantitative estimate of drug-likeness (QED) is 0.552. The normalized spacial score (nSPS) is 10.0. The van der Waals surface area contributed by atoms with Crippen LogP contribution in [0.15, 0.2) is 0 Å². The summed E-state index contributed by atoms with van der Waals surface area (Å²) < 4.78 is 5.08. The van der Waals surface area contributed by atoms with Crippen molar-refractivity contribution < 1.29 is 9.53 Å². The van der Waals surface area contributed by atoms with Gasteiger partial charge in [-0.1, -0.05) is 13.8 Å². The molecule has 11 heavy (non-hydrogen) atoms. The standard InChI is InChI=1S/C8H17NO2/c1-3-8(10)7-11-6-5-9-4-2/h9H,3-7H2,1-2H3. The van der Waals surface area contributed by atoms with E-state index in [0.29, 0.717) is 13.0 Å². The van der Waals surface area contributed by atoms with Gasteiger partial charge in [0.15, 0.2) is 5.78 Å². The number of hydrogen-bond donors (Lipinski definition) is 1. The van der Waals surface area contributed by atoms with Crippen molar-refractivity contribution in [1.29, 1.82) is 0 Å². The summed E-state index contributed by atoms with van der Waals surface area (Å²) in [6.07, 6.45) is 0.571. The van der Waals surface area contributed by atoms with Gasteiger partial charge in [-0.25, -0.2) is 0 Å². The first-order chi connectivity index (χ1) is 5.31. The average Bonchev–Trinajstić information content (AvgIpc) is 2.04. The highest BCUT2D eigenvalue weighted by Crippen LogP contribution is 1.81. The van der Waals surface area contributed by atoms with Crippen molar-refractivity contribution >= 4 is 5.78 Å². The topological polar surface area (TPSA) is 38.3 Å². The van der Waals surface area contributed by atoms with Gasteiger partial charge in [-0.15, -0.1) is 0 Å². The third-order valence-electron chi connectivity index (χ3n) is 1.33. The fraction of sp³-hybridized carbons (Fsp3) is 0.875. The molecule has 0 rings (SSSR count). The minimum Gasteiger partial charge on any atom is -0.372 e. The van der Waals surface area contributed by atoms with E-state index in [4.69, 9.17) is 4.74 Å². The third-order valence-corrected chi connectivity index (χ3v) is 1.33. The highest BCUT2D eigenvalue weighted by atomic mass is 16.5. The predicted molar refractivity (Wildman–Crippen MR) is 44.7 cm³/mol. The van der Waals surface area contributed by atoms with E-state index in [9.17, 15) is 4.79 Å². The van der Waals surface area contributed by atoms with Gasteiger partial charge in [-0.3, -0.25) is 4.79 Å². The third kappa shape index (κ3) is 7.49. The molecule has 0 aliphatic rings. The van der Waals surface area contributed by atoms with Crippen LogP contribution in [-0.2, 0) is 9.53 Å². The first-order valence-corrected chi connectivity index (χ1v) is 4.11. The molecule has 3 nitrogen and oxygen atoms in total. The lowest BCUT2D eigenvalue weighted by atomic mass is 10.3. The summed E-state index contributed by atoms with van der Waals surface area (Å²) in [5, 5.41) is 3.10. The molecule has 0 amide bonds. The van der Waals surface area contributed by atoms with Gasteiger partial charge in [0.25, 0.3) is 0 Å². The van der Waals surface area contributed by atoms with E-state index < -0.39 is 0 Å². The Kier molecular flexibility index (Phi) is 7.41. The number of ketones is 1. The predicted octanol–water partition coefficient (Wildman–Crippen LogP) is 0.592. The van der Waals surface area contributed by atoms with Crippen molar-refractivity contribution in [2.24, 2.45) is 0 Å². The van der Waals surface area contributed by atoms with Gasteiger partial charge in [0.1, 0.15) is 6.61 Å². The van der Waals surface area contributed by atoms with E-state index in [1.165, 1.54) is 0 Å². The molecule has 0 aromatic heterocycles. The smallest absolute Gasteiger partial charge is 0.158 e. The van der Waals surface area contributed by atoms with E-state index in [2.05, 4.69) is 5.32 Å². The Morgan fingerprint density at radius 3 is 2.73 bits per heavy atom. The number of Topliss-reactive ketones (excluding diaryl/α,β-unsaturated/α-hetero) is 1. The van der Waals surface area contributed by atoms with Gasteiger partial charge in [0, 0.05) is 13.0 Å². The van der Waals surface area contributed by atoms with Crippen LogP contribution in [0.25, 0.3) is 0 Å². The van der Waals surface area contributed by atoms with E-state index >= 15 is 0 Å². The van der Waals surface area contributed by atoms with Crippen molar-refractivity contribution in [2.45, 2.75) is 20.3 Å². The largest absolute Gasteiger partial charge is 0.372 e. The van der Waals surface area contributed by atoms with Gasteiger partial charge in [-0.2, -0.15) is 0 Å². The van der Waals surface area contributed by atoms with Crippen LogP contribution in [0.1, 0.15) is 20.3 Å². The first kappa shape index (κ1) is 10.6. The molecule has 0 heterocycles. The van der Waals surface area contributed by atoms with Crippen LogP contribution in [-0.4, -0.2) is 32.1 Å². The minimum atomic E-state index is 0.168. The lowest BCUT2D eigenvalue weighted by molar-refractivity contribution is -0.123. The number of ether oxygens (including phenoxy) is 1. The lowest BCUT2D eigenvalue weighted by Gasteiger charge is -2.02. The molecule has 0 atom stereocenters. The molecular formula is C8H17NO2. The number of likely N-dealkylation sites (N-methyl/N-ethyl adjacent to an activating group) is 1. The van der Waals surface area contributed by atoms with Crippen LogP contribution in [0.2, 0.25) is 0 Å². The molecule has 0 saturated carbocycles. The maximum Gasteiger partial charge on any atom is 0.158 e. The second-order valence-corrected chi connectivity index (χ2v) is 2.30. The van der Waals surface area contributed by atoms with Crippen LogP contribution < -0.4 is 5.32 Å². The number of hydrogen-bond acceptors (Lipinski definition) is 3. The molecule has 3 heteroatoms. The van der Waals surface area contributed by atoms with Crippen molar-refractivity contribution in [3.05, 3.63) is 0 Å². The Labute approximate surface area is 68.1 Å². The Morgan fingerprint density at radius 2 is 2.18 bits per heavy atom. The Balaban J connectivity index is 2.95. The monoisotopic (exact) mass is 159 g/mol. The van der Waals surface area contributed by atoms with Crippen molar-refractivity contribution in [3.8, 4) is 0 Å². The van der Waals surface area contributed by atoms with Crippen molar-refractivity contribution in [2.75, 3.05) is 26.3 Å². The molecule has 0 saturated heterocycles. The zero-order chi connectivity index (χ0) is 8.53. The summed E-state index contributed by atoms with van der Waals surface area (Å²) in [5.74, 6) is 0.168. The van der Waals surface area contributed by atoms with E-state index in [0.717, 1.165) is 13.1 Å².